The van der Waals surface area contributed by atoms with Crippen LogP contribution in [0.5, 0.6) is 5.75 Å². The van der Waals surface area contributed by atoms with Crippen LogP contribution in [0.4, 0.5) is 4.39 Å². The van der Waals surface area contributed by atoms with Gasteiger partial charge in [0, 0.05) is 12.0 Å². The fraction of sp³-hybridized carbons (Fsp3) is 0.333. The first-order chi connectivity index (χ1) is 8.74. The van der Waals surface area contributed by atoms with Crippen LogP contribution in [0.2, 0.25) is 0 Å². The molecule has 0 amide bonds. The Bertz CT molecular complexity index is 528. The van der Waals surface area contributed by atoms with Gasteiger partial charge < -0.3 is 15.0 Å². The van der Waals surface area contributed by atoms with E-state index >= 15 is 0 Å². The molecule has 18 heavy (non-hydrogen) atoms. The van der Waals surface area contributed by atoms with E-state index in [1.807, 2.05) is 0 Å². The van der Waals surface area contributed by atoms with E-state index in [1.54, 1.807) is 6.07 Å². The Morgan fingerprint density at radius 1 is 1.44 bits per heavy atom. The van der Waals surface area contributed by atoms with Crippen LogP contribution in [0.25, 0.3) is 11.4 Å². The Kier molecular flexibility index (Phi) is 3.88. The number of ether oxygens (including phenoxy) is 1. The summed E-state index contributed by atoms with van der Waals surface area (Å²) in [4.78, 5) is 4.21. The predicted octanol–water partition coefficient (Wildman–Crippen LogP) is 1.78. The first-order valence-electron chi connectivity index (χ1n) is 5.61. The molecule has 0 fully saturated rings. The summed E-state index contributed by atoms with van der Waals surface area (Å²) in [6.45, 7) is 0.572. The lowest BCUT2D eigenvalue weighted by Crippen LogP contribution is -2.00. The van der Waals surface area contributed by atoms with Gasteiger partial charge in [0.05, 0.1) is 7.11 Å². The van der Waals surface area contributed by atoms with Gasteiger partial charge in [-0.2, -0.15) is 4.98 Å². The third-order valence-electron chi connectivity index (χ3n) is 2.47. The van der Waals surface area contributed by atoms with Gasteiger partial charge in [0.1, 0.15) is 0 Å². The second kappa shape index (κ2) is 5.59. The zero-order valence-corrected chi connectivity index (χ0v) is 10.0. The maximum absolute atomic E-state index is 13.3. The average Bonchev–Trinajstić information content (AvgIpc) is 2.85. The minimum absolute atomic E-state index is 0.154. The van der Waals surface area contributed by atoms with Gasteiger partial charge in [0.15, 0.2) is 11.6 Å². The van der Waals surface area contributed by atoms with Gasteiger partial charge in [0.2, 0.25) is 11.7 Å². The summed E-state index contributed by atoms with van der Waals surface area (Å²) in [6, 6.07) is 4.42. The third kappa shape index (κ3) is 2.65. The number of aryl methyl sites for hydroxylation is 1. The van der Waals surface area contributed by atoms with Gasteiger partial charge >= 0.3 is 0 Å². The highest BCUT2D eigenvalue weighted by Gasteiger charge is 2.11. The van der Waals surface area contributed by atoms with Crippen molar-refractivity contribution in [2.75, 3.05) is 13.7 Å². The van der Waals surface area contributed by atoms with Crippen molar-refractivity contribution in [3.63, 3.8) is 0 Å². The number of halogens is 1. The molecule has 0 radical (unpaired) electrons. The van der Waals surface area contributed by atoms with Crippen LogP contribution in [0.15, 0.2) is 22.7 Å². The standard InChI is InChI=1S/C12H14FN3O2/c1-17-10-7-8(4-5-9(10)13)12-15-11(18-16-12)3-2-6-14/h4-5,7H,2-3,6,14H2,1H3. The van der Waals surface area contributed by atoms with Crippen LogP contribution in [-0.4, -0.2) is 23.8 Å². The zero-order valence-electron chi connectivity index (χ0n) is 10.0. The molecule has 6 heteroatoms. The molecular formula is C12H14FN3O2. The third-order valence-corrected chi connectivity index (χ3v) is 2.47. The summed E-state index contributed by atoms with van der Waals surface area (Å²) in [5.74, 6) is 0.674. The monoisotopic (exact) mass is 251 g/mol. The van der Waals surface area contributed by atoms with Crippen LogP contribution in [-0.2, 0) is 6.42 Å². The summed E-state index contributed by atoms with van der Waals surface area (Å²) in [6.07, 6.45) is 1.43. The first kappa shape index (κ1) is 12.5. The summed E-state index contributed by atoms with van der Waals surface area (Å²) in [5, 5.41) is 3.84. The molecule has 0 aliphatic heterocycles. The highest BCUT2D eigenvalue weighted by atomic mass is 19.1. The van der Waals surface area contributed by atoms with Crippen molar-refractivity contribution in [1.82, 2.24) is 10.1 Å². The molecule has 2 N–H and O–H groups in total. The van der Waals surface area contributed by atoms with Crippen LogP contribution in [0.3, 0.4) is 0 Å². The van der Waals surface area contributed by atoms with Crippen molar-refractivity contribution >= 4 is 0 Å². The van der Waals surface area contributed by atoms with Crippen molar-refractivity contribution < 1.29 is 13.7 Å². The van der Waals surface area contributed by atoms with E-state index in [1.165, 1.54) is 19.2 Å². The van der Waals surface area contributed by atoms with Gasteiger partial charge in [0.25, 0.3) is 0 Å². The lowest BCUT2D eigenvalue weighted by molar-refractivity contribution is 0.376. The van der Waals surface area contributed by atoms with Crippen LogP contribution >= 0.6 is 0 Å². The Balaban J connectivity index is 2.23. The van der Waals surface area contributed by atoms with E-state index in [9.17, 15) is 4.39 Å². The SMILES string of the molecule is COc1cc(-c2noc(CCCN)n2)ccc1F. The Morgan fingerprint density at radius 2 is 2.28 bits per heavy atom. The largest absolute Gasteiger partial charge is 0.494 e. The molecule has 0 bridgehead atoms. The molecule has 2 rings (SSSR count). The van der Waals surface area contributed by atoms with Gasteiger partial charge in [-0.3, -0.25) is 0 Å². The molecule has 96 valence electrons. The molecule has 0 saturated carbocycles. The quantitative estimate of drug-likeness (QED) is 0.876. The van der Waals surface area contributed by atoms with E-state index in [0.29, 0.717) is 30.2 Å². The molecule has 1 heterocycles. The Morgan fingerprint density at radius 3 is 3.00 bits per heavy atom. The predicted molar refractivity (Wildman–Crippen MR) is 63.6 cm³/mol. The minimum Gasteiger partial charge on any atom is -0.494 e. The molecule has 1 aromatic carbocycles. The Hall–Kier alpha value is -1.95. The normalized spacial score (nSPS) is 10.6. The summed E-state index contributed by atoms with van der Waals surface area (Å²) < 4.78 is 23.2. The topological polar surface area (TPSA) is 74.2 Å². The molecular weight excluding hydrogens is 237 g/mol. The van der Waals surface area contributed by atoms with Crippen molar-refractivity contribution in [1.29, 1.82) is 0 Å². The highest BCUT2D eigenvalue weighted by Crippen LogP contribution is 2.24. The van der Waals surface area contributed by atoms with Crippen LogP contribution < -0.4 is 10.5 Å². The van der Waals surface area contributed by atoms with Gasteiger partial charge in [-0.05, 0) is 31.2 Å². The molecule has 0 aliphatic rings. The molecule has 5 nitrogen and oxygen atoms in total. The number of rotatable bonds is 5. The summed E-state index contributed by atoms with van der Waals surface area (Å²) >= 11 is 0. The first-order valence-corrected chi connectivity index (χ1v) is 5.61. The van der Waals surface area contributed by atoms with E-state index in [4.69, 9.17) is 15.0 Å². The van der Waals surface area contributed by atoms with Crippen molar-refractivity contribution in [3.05, 3.63) is 29.9 Å². The lowest BCUT2D eigenvalue weighted by atomic mass is 10.2. The Labute approximate surface area is 104 Å². The fourth-order valence-electron chi connectivity index (χ4n) is 1.53. The van der Waals surface area contributed by atoms with Crippen molar-refractivity contribution in [2.45, 2.75) is 12.8 Å². The van der Waals surface area contributed by atoms with Crippen LogP contribution in [0.1, 0.15) is 12.3 Å². The summed E-state index contributed by atoms with van der Waals surface area (Å²) in [5.41, 5.74) is 6.05. The van der Waals surface area contributed by atoms with Crippen molar-refractivity contribution in [3.8, 4) is 17.1 Å². The number of nitrogens with two attached hydrogens (primary N) is 1. The van der Waals surface area contributed by atoms with E-state index in [0.717, 1.165) is 6.42 Å². The smallest absolute Gasteiger partial charge is 0.227 e. The van der Waals surface area contributed by atoms with Gasteiger partial charge in [-0.15, -0.1) is 0 Å². The second-order valence-corrected chi connectivity index (χ2v) is 3.75. The molecule has 0 aliphatic carbocycles. The number of hydrogen-bond donors (Lipinski definition) is 1. The average molecular weight is 251 g/mol. The summed E-state index contributed by atoms with van der Waals surface area (Å²) in [7, 11) is 1.41. The lowest BCUT2D eigenvalue weighted by Gasteiger charge is -2.02. The second-order valence-electron chi connectivity index (χ2n) is 3.75. The molecule has 1 aromatic heterocycles. The molecule has 2 aromatic rings. The highest BCUT2D eigenvalue weighted by molar-refractivity contribution is 5.57. The number of methoxy groups -OCH3 is 1. The molecule has 0 atom stereocenters. The molecule has 0 unspecified atom stereocenters. The number of aromatic nitrogens is 2. The van der Waals surface area contributed by atoms with Crippen molar-refractivity contribution in [2.24, 2.45) is 5.73 Å². The van der Waals surface area contributed by atoms with Gasteiger partial charge in [-0.1, -0.05) is 5.16 Å². The fourth-order valence-corrected chi connectivity index (χ4v) is 1.53. The maximum atomic E-state index is 13.3. The minimum atomic E-state index is -0.423. The zero-order chi connectivity index (χ0) is 13.0. The maximum Gasteiger partial charge on any atom is 0.227 e. The van der Waals surface area contributed by atoms with E-state index < -0.39 is 5.82 Å². The van der Waals surface area contributed by atoms with Crippen LogP contribution in [0, 0.1) is 5.82 Å². The molecule has 0 spiro atoms. The van der Waals surface area contributed by atoms with E-state index in [2.05, 4.69) is 10.1 Å². The number of hydrogen-bond acceptors (Lipinski definition) is 5. The number of benzene rings is 1. The molecule has 0 saturated heterocycles. The number of nitrogens with zero attached hydrogens (tertiary/aromatic N) is 2. The van der Waals surface area contributed by atoms with E-state index in [-0.39, 0.29) is 5.75 Å². The van der Waals surface area contributed by atoms with Gasteiger partial charge in [-0.25, -0.2) is 4.39 Å².